The van der Waals surface area contributed by atoms with Gasteiger partial charge in [-0.3, -0.25) is 4.79 Å². The maximum absolute atomic E-state index is 10.2. The molecule has 1 atom stereocenters. The van der Waals surface area contributed by atoms with Gasteiger partial charge < -0.3 is 5.11 Å². The van der Waals surface area contributed by atoms with Crippen molar-refractivity contribution in [3.05, 3.63) is 0 Å². The molecule has 1 N–H and O–H groups in total. The molecule has 0 bridgehead atoms. The van der Waals surface area contributed by atoms with Crippen molar-refractivity contribution in [3.63, 3.8) is 0 Å². The fraction of sp³-hybridized carbons (Fsp3) is 0.857. The second kappa shape index (κ2) is 4.93. The average molecular weight is 192 g/mol. The summed E-state index contributed by atoms with van der Waals surface area (Å²) in [6, 6.07) is 0. The van der Waals surface area contributed by atoms with Gasteiger partial charge in [-0.15, -0.1) is 0 Å². The molecule has 0 saturated carbocycles. The molecule has 11 heavy (non-hydrogen) atoms. The van der Waals surface area contributed by atoms with Gasteiger partial charge in [-0.1, -0.05) is 21.6 Å². The first-order valence-electron chi connectivity index (χ1n) is 3.79. The molecule has 4 heteroatoms. The van der Waals surface area contributed by atoms with E-state index in [0.29, 0.717) is 6.42 Å². The highest BCUT2D eigenvalue weighted by atomic mass is 33.1. The molecule has 1 fully saturated rings. The summed E-state index contributed by atoms with van der Waals surface area (Å²) in [6.07, 6.45) is 3.51. The highest BCUT2D eigenvalue weighted by molar-refractivity contribution is 8.77. The lowest BCUT2D eigenvalue weighted by Gasteiger charge is -2.03. The second-order valence-electron chi connectivity index (χ2n) is 2.61. The van der Waals surface area contributed by atoms with E-state index in [-0.39, 0.29) is 0 Å². The van der Waals surface area contributed by atoms with Crippen LogP contribution in [0.5, 0.6) is 0 Å². The van der Waals surface area contributed by atoms with Gasteiger partial charge in [-0.25, -0.2) is 0 Å². The molecular formula is C7H12O2S2. The summed E-state index contributed by atoms with van der Waals surface area (Å²) in [7, 11) is 3.83. The van der Waals surface area contributed by atoms with Crippen LogP contribution in [0.3, 0.4) is 0 Å². The van der Waals surface area contributed by atoms with E-state index in [1.165, 1.54) is 12.2 Å². The van der Waals surface area contributed by atoms with Crippen molar-refractivity contribution >= 4 is 27.6 Å². The fourth-order valence-corrected chi connectivity index (χ4v) is 4.07. The van der Waals surface area contributed by atoms with Gasteiger partial charge in [0.05, 0.1) is 0 Å². The fourth-order valence-electron chi connectivity index (χ4n) is 1.05. The van der Waals surface area contributed by atoms with Crippen molar-refractivity contribution in [3.8, 4) is 0 Å². The Labute approximate surface area is 74.5 Å². The average Bonchev–Trinajstić information content (AvgIpc) is 2.39. The van der Waals surface area contributed by atoms with Gasteiger partial charge in [0, 0.05) is 17.4 Å². The van der Waals surface area contributed by atoms with Gasteiger partial charge in [0.15, 0.2) is 0 Å². The lowest BCUT2D eigenvalue weighted by Crippen LogP contribution is -2.00. The molecule has 0 spiro atoms. The van der Waals surface area contributed by atoms with Gasteiger partial charge in [0.1, 0.15) is 0 Å². The highest BCUT2D eigenvalue weighted by Gasteiger charge is 2.15. The van der Waals surface area contributed by atoms with Crippen LogP contribution in [0.2, 0.25) is 0 Å². The number of carboxylic acids is 1. The summed E-state index contributed by atoms with van der Waals surface area (Å²) < 4.78 is 0. The van der Waals surface area contributed by atoms with Gasteiger partial charge in [0.25, 0.3) is 0 Å². The Hall–Kier alpha value is 0.170. The van der Waals surface area contributed by atoms with E-state index in [4.69, 9.17) is 5.11 Å². The normalized spacial score (nSPS) is 23.8. The lowest BCUT2D eigenvalue weighted by molar-refractivity contribution is -0.137. The molecule has 0 amide bonds. The molecule has 0 radical (unpaired) electrons. The van der Waals surface area contributed by atoms with Crippen molar-refractivity contribution in [1.29, 1.82) is 0 Å². The Kier molecular flexibility index (Phi) is 4.15. The second-order valence-corrected chi connectivity index (χ2v) is 5.40. The van der Waals surface area contributed by atoms with Crippen LogP contribution >= 0.6 is 21.6 Å². The first-order valence-corrected chi connectivity index (χ1v) is 6.17. The standard InChI is InChI=1S/C7H12O2S2/c8-7(9)3-1-2-6-4-5-10-11-6/h6H,1-5H2,(H,8,9)/t6-/m1/s1. The molecule has 0 aromatic heterocycles. The summed E-state index contributed by atoms with van der Waals surface area (Å²) in [4.78, 5) is 10.2. The number of carboxylic acid groups (broad SMARTS) is 1. The largest absolute Gasteiger partial charge is 0.481 e. The Morgan fingerprint density at radius 3 is 3.00 bits per heavy atom. The van der Waals surface area contributed by atoms with Gasteiger partial charge in [0.2, 0.25) is 0 Å². The maximum atomic E-state index is 10.2. The summed E-state index contributed by atoms with van der Waals surface area (Å²) in [5, 5.41) is 9.10. The molecule has 1 heterocycles. The first kappa shape index (κ1) is 9.26. The third kappa shape index (κ3) is 3.91. The Morgan fingerprint density at radius 1 is 1.64 bits per heavy atom. The highest BCUT2D eigenvalue weighted by Crippen LogP contribution is 2.39. The maximum Gasteiger partial charge on any atom is 0.303 e. The predicted molar refractivity (Wildman–Crippen MR) is 49.9 cm³/mol. The van der Waals surface area contributed by atoms with E-state index in [9.17, 15) is 4.79 Å². The molecular weight excluding hydrogens is 180 g/mol. The van der Waals surface area contributed by atoms with Crippen LogP contribution in [0, 0.1) is 0 Å². The number of hydrogen-bond acceptors (Lipinski definition) is 3. The molecule has 0 aromatic rings. The number of hydrogen-bond donors (Lipinski definition) is 1. The van der Waals surface area contributed by atoms with E-state index < -0.39 is 5.97 Å². The zero-order chi connectivity index (χ0) is 8.10. The molecule has 1 aliphatic heterocycles. The minimum absolute atomic E-state index is 0.335. The van der Waals surface area contributed by atoms with E-state index >= 15 is 0 Å². The van der Waals surface area contributed by atoms with Gasteiger partial charge >= 0.3 is 5.97 Å². The lowest BCUT2D eigenvalue weighted by atomic mass is 10.1. The zero-order valence-corrected chi connectivity index (χ0v) is 7.92. The smallest absolute Gasteiger partial charge is 0.303 e. The summed E-state index contributed by atoms with van der Waals surface area (Å²) in [5.74, 6) is 0.572. The van der Waals surface area contributed by atoms with Crippen LogP contribution in [0.1, 0.15) is 25.7 Å². The topological polar surface area (TPSA) is 37.3 Å². The molecule has 1 aliphatic rings. The molecule has 2 nitrogen and oxygen atoms in total. The first-order chi connectivity index (χ1) is 5.29. The summed E-state index contributed by atoms with van der Waals surface area (Å²) in [6.45, 7) is 0. The molecule has 0 aliphatic carbocycles. The van der Waals surface area contributed by atoms with E-state index in [0.717, 1.165) is 18.1 Å². The molecule has 0 unspecified atom stereocenters. The van der Waals surface area contributed by atoms with E-state index in [2.05, 4.69) is 0 Å². The predicted octanol–water partition coefficient (Wildman–Crippen LogP) is 2.40. The Morgan fingerprint density at radius 2 is 2.45 bits per heavy atom. The van der Waals surface area contributed by atoms with Crippen LogP contribution in [0.4, 0.5) is 0 Å². The van der Waals surface area contributed by atoms with Crippen molar-refractivity contribution in [2.45, 2.75) is 30.9 Å². The van der Waals surface area contributed by atoms with Gasteiger partial charge in [-0.05, 0) is 19.3 Å². The van der Waals surface area contributed by atoms with Crippen molar-refractivity contribution in [1.82, 2.24) is 0 Å². The molecule has 1 saturated heterocycles. The quantitative estimate of drug-likeness (QED) is 0.694. The monoisotopic (exact) mass is 192 g/mol. The molecule has 64 valence electrons. The van der Waals surface area contributed by atoms with Crippen LogP contribution in [-0.2, 0) is 4.79 Å². The third-order valence-electron chi connectivity index (χ3n) is 1.64. The van der Waals surface area contributed by atoms with Crippen LogP contribution < -0.4 is 0 Å². The third-order valence-corrected chi connectivity index (χ3v) is 4.65. The Bertz CT molecular complexity index is 132. The molecule has 0 aromatic carbocycles. The SMILES string of the molecule is O=C(O)CCC[C@@H]1CCSS1. The van der Waals surface area contributed by atoms with Crippen LogP contribution in [0.15, 0.2) is 0 Å². The number of rotatable bonds is 4. The zero-order valence-electron chi connectivity index (χ0n) is 6.28. The van der Waals surface area contributed by atoms with Crippen molar-refractivity contribution < 1.29 is 9.90 Å². The number of aliphatic carboxylic acids is 1. The van der Waals surface area contributed by atoms with E-state index in [1.54, 1.807) is 0 Å². The van der Waals surface area contributed by atoms with E-state index in [1.807, 2.05) is 21.6 Å². The number of carbonyl (C=O) groups is 1. The summed E-state index contributed by atoms with van der Waals surface area (Å²) in [5.41, 5.74) is 0. The van der Waals surface area contributed by atoms with Crippen molar-refractivity contribution in [2.75, 3.05) is 5.75 Å². The Balaban J connectivity index is 1.98. The van der Waals surface area contributed by atoms with Crippen LogP contribution in [0.25, 0.3) is 0 Å². The molecule has 1 rings (SSSR count). The van der Waals surface area contributed by atoms with Crippen LogP contribution in [-0.4, -0.2) is 22.1 Å². The minimum atomic E-state index is -0.666. The summed E-state index contributed by atoms with van der Waals surface area (Å²) >= 11 is 0. The minimum Gasteiger partial charge on any atom is -0.481 e. The van der Waals surface area contributed by atoms with Crippen molar-refractivity contribution in [2.24, 2.45) is 0 Å². The van der Waals surface area contributed by atoms with Gasteiger partial charge in [-0.2, -0.15) is 0 Å².